The summed E-state index contributed by atoms with van der Waals surface area (Å²) in [7, 11) is 0. The van der Waals surface area contributed by atoms with Crippen molar-refractivity contribution < 1.29 is 9.84 Å². The van der Waals surface area contributed by atoms with E-state index >= 15 is 0 Å². The number of rotatable bonds is 3. The number of para-hydroxylation sites is 1. The number of fused-ring (bicyclic) bond motifs is 3. The van der Waals surface area contributed by atoms with Crippen LogP contribution < -0.4 is 5.32 Å². The Bertz CT molecular complexity index is 746. The maximum absolute atomic E-state index is 10.3. The summed E-state index contributed by atoms with van der Waals surface area (Å²) in [4.78, 5) is 3.63. The van der Waals surface area contributed by atoms with E-state index < -0.39 is 5.60 Å². The third-order valence-corrected chi connectivity index (χ3v) is 5.75. The third kappa shape index (κ3) is 2.77. The van der Waals surface area contributed by atoms with Crippen LogP contribution in [0.15, 0.2) is 24.3 Å². The van der Waals surface area contributed by atoms with Crippen LogP contribution in [0, 0.1) is 0 Å². The fourth-order valence-electron chi connectivity index (χ4n) is 4.41. The first-order valence-electron chi connectivity index (χ1n) is 9.09. The number of nitrogens with one attached hydrogen (secondary N) is 2. The molecule has 4 heteroatoms. The van der Waals surface area contributed by atoms with Gasteiger partial charge in [-0.15, -0.1) is 0 Å². The van der Waals surface area contributed by atoms with E-state index in [1.54, 1.807) is 0 Å². The van der Waals surface area contributed by atoms with Crippen molar-refractivity contribution in [1.82, 2.24) is 10.3 Å². The summed E-state index contributed by atoms with van der Waals surface area (Å²) in [5.74, 6) is 0. The van der Waals surface area contributed by atoms with Gasteiger partial charge in [0.1, 0.15) is 0 Å². The van der Waals surface area contributed by atoms with E-state index in [4.69, 9.17) is 4.74 Å². The average Bonchev–Trinajstić information content (AvgIpc) is 3.09. The standard InChI is InChI=1S/C20H28N2O2/c1-19(2,23)17-8-10-20(3,24-17)12-16-18-14(9-11-21-16)13-6-4-5-7-15(13)22-18/h4-7,16-17,21-23H,8-12H2,1-3H3/t16?,17-,20+/m0/s1. The van der Waals surface area contributed by atoms with Crippen LogP contribution in [-0.2, 0) is 11.2 Å². The highest BCUT2D eigenvalue weighted by Gasteiger charge is 2.44. The largest absolute Gasteiger partial charge is 0.388 e. The second kappa shape index (κ2) is 5.58. The van der Waals surface area contributed by atoms with Gasteiger partial charge in [0.25, 0.3) is 0 Å². The molecule has 3 N–H and O–H groups in total. The molecule has 2 aliphatic heterocycles. The minimum atomic E-state index is -0.774. The number of H-pyrrole nitrogens is 1. The second-order valence-corrected chi connectivity index (χ2v) is 8.27. The molecule has 24 heavy (non-hydrogen) atoms. The van der Waals surface area contributed by atoms with Gasteiger partial charge in [0.2, 0.25) is 0 Å². The molecular formula is C20H28N2O2. The van der Waals surface area contributed by atoms with Gasteiger partial charge in [-0.1, -0.05) is 18.2 Å². The minimum Gasteiger partial charge on any atom is -0.388 e. The molecule has 0 aliphatic carbocycles. The van der Waals surface area contributed by atoms with E-state index in [1.807, 2.05) is 13.8 Å². The van der Waals surface area contributed by atoms with Crippen molar-refractivity contribution in [2.75, 3.05) is 6.54 Å². The number of hydrogen-bond donors (Lipinski definition) is 3. The van der Waals surface area contributed by atoms with E-state index in [-0.39, 0.29) is 17.7 Å². The molecule has 2 aromatic rings. The fourth-order valence-corrected chi connectivity index (χ4v) is 4.41. The topological polar surface area (TPSA) is 57.3 Å². The first-order valence-corrected chi connectivity index (χ1v) is 9.09. The van der Waals surface area contributed by atoms with Crippen molar-refractivity contribution in [3.05, 3.63) is 35.5 Å². The predicted octanol–water partition coefficient (Wildman–Crippen LogP) is 3.45. The zero-order valence-electron chi connectivity index (χ0n) is 14.9. The minimum absolute atomic E-state index is 0.0757. The lowest BCUT2D eigenvalue weighted by atomic mass is 9.88. The molecule has 0 saturated carbocycles. The van der Waals surface area contributed by atoms with Gasteiger partial charge < -0.3 is 20.1 Å². The monoisotopic (exact) mass is 328 g/mol. The van der Waals surface area contributed by atoms with E-state index in [0.717, 1.165) is 32.2 Å². The molecule has 130 valence electrons. The SMILES string of the molecule is CC(C)(O)[C@@H]1CC[C@](C)(CC2NCCc3c2[nH]c2ccccc32)O1. The molecule has 1 aromatic carbocycles. The van der Waals surface area contributed by atoms with Crippen molar-refractivity contribution >= 4 is 10.9 Å². The third-order valence-electron chi connectivity index (χ3n) is 5.75. The number of aromatic nitrogens is 1. The first kappa shape index (κ1) is 16.1. The van der Waals surface area contributed by atoms with Gasteiger partial charge in [-0.05, 0) is 64.6 Å². The number of ether oxygens (including phenoxy) is 1. The van der Waals surface area contributed by atoms with Gasteiger partial charge in [-0.25, -0.2) is 0 Å². The maximum Gasteiger partial charge on any atom is 0.0865 e. The Morgan fingerprint density at radius 2 is 2.12 bits per heavy atom. The zero-order valence-corrected chi connectivity index (χ0v) is 14.9. The predicted molar refractivity (Wildman–Crippen MR) is 96.2 cm³/mol. The fraction of sp³-hybridized carbons (Fsp3) is 0.600. The second-order valence-electron chi connectivity index (χ2n) is 8.27. The summed E-state index contributed by atoms with van der Waals surface area (Å²) in [6, 6.07) is 8.85. The molecule has 4 nitrogen and oxygen atoms in total. The highest BCUT2D eigenvalue weighted by atomic mass is 16.5. The van der Waals surface area contributed by atoms with E-state index in [2.05, 4.69) is 41.5 Å². The van der Waals surface area contributed by atoms with Gasteiger partial charge in [-0.3, -0.25) is 0 Å². The molecule has 4 rings (SSSR count). The van der Waals surface area contributed by atoms with Gasteiger partial charge in [-0.2, -0.15) is 0 Å². The normalized spacial score (nSPS) is 30.7. The average molecular weight is 328 g/mol. The molecule has 0 amide bonds. The maximum atomic E-state index is 10.3. The highest BCUT2D eigenvalue weighted by Crippen LogP contribution is 2.42. The molecule has 1 saturated heterocycles. The van der Waals surface area contributed by atoms with E-state index in [1.165, 1.54) is 22.2 Å². The van der Waals surface area contributed by atoms with Crippen molar-refractivity contribution in [3.63, 3.8) is 0 Å². The van der Waals surface area contributed by atoms with Gasteiger partial charge in [0.05, 0.1) is 23.3 Å². The summed E-state index contributed by atoms with van der Waals surface area (Å²) in [5.41, 5.74) is 3.04. The molecule has 3 heterocycles. The zero-order chi connectivity index (χ0) is 16.9. The molecule has 2 aliphatic rings. The summed E-state index contributed by atoms with van der Waals surface area (Å²) in [6.07, 6.45) is 3.84. The van der Waals surface area contributed by atoms with Crippen LogP contribution in [-0.4, -0.2) is 33.9 Å². The molecule has 0 radical (unpaired) electrons. The summed E-state index contributed by atoms with van der Waals surface area (Å²) in [6.45, 7) is 6.89. The van der Waals surface area contributed by atoms with E-state index in [0.29, 0.717) is 0 Å². The Kier molecular flexibility index (Phi) is 3.75. The highest BCUT2D eigenvalue weighted by molar-refractivity contribution is 5.85. The Balaban J connectivity index is 1.59. The van der Waals surface area contributed by atoms with Gasteiger partial charge >= 0.3 is 0 Å². The summed E-state index contributed by atoms with van der Waals surface area (Å²) >= 11 is 0. The quantitative estimate of drug-likeness (QED) is 0.809. The molecule has 0 spiro atoms. The lowest BCUT2D eigenvalue weighted by molar-refractivity contribution is -0.120. The summed E-state index contributed by atoms with van der Waals surface area (Å²) in [5, 5.41) is 15.3. The van der Waals surface area contributed by atoms with Crippen LogP contribution in [0.4, 0.5) is 0 Å². The Morgan fingerprint density at radius 1 is 1.33 bits per heavy atom. The molecule has 3 atom stereocenters. The lowest BCUT2D eigenvalue weighted by Gasteiger charge is -2.34. The number of aliphatic hydroxyl groups is 1. The van der Waals surface area contributed by atoms with Crippen molar-refractivity contribution in [1.29, 1.82) is 0 Å². The molecule has 1 aromatic heterocycles. The summed E-state index contributed by atoms with van der Waals surface area (Å²) < 4.78 is 6.30. The van der Waals surface area contributed by atoms with Gasteiger partial charge in [0.15, 0.2) is 0 Å². The Hall–Kier alpha value is -1.36. The molecule has 0 bridgehead atoms. The van der Waals surface area contributed by atoms with Crippen LogP contribution in [0.1, 0.15) is 57.3 Å². The van der Waals surface area contributed by atoms with Crippen LogP contribution in [0.3, 0.4) is 0 Å². The lowest BCUT2D eigenvalue weighted by Crippen LogP contribution is -2.40. The van der Waals surface area contributed by atoms with Crippen molar-refractivity contribution in [3.8, 4) is 0 Å². The molecular weight excluding hydrogens is 300 g/mol. The van der Waals surface area contributed by atoms with Crippen LogP contribution in [0.5, 0.6) is 0 Å². The first-order chi connectivity index (χ1) is 11.4. The van der Waals surface area contributed by atoms with Crippen molar-refractivity contribution in [2.24, 2.45) is 0 Å². The molecule has 1 unspecified atom stereocenters. The molecule has 1 fully saturated rings. The Morgan fingerprint density at radius 3 is 2.88 bits per heavy atom. The number of hydrogen-bond acceptors (Lipinski definition) is 3. The van der Waals surface area contributed by atoms with Gasteiger partial charge in [0, 0.05) is 16.6 Å². The number of aromatic amines is 1. The van der Waals surface area contributed by atoms with Crippen molar-refractivity contribution in [2.45, 2.75) is 69.8 Å². The Labute approximate surface area is 143 Å². The van der Waals surface area contributed by atoms with Crippen LogP contribution in [0.25, 0.3) is 10.9 Å². The smallest absolute Gasteiger partial charge is 0.0865 e. The number of benzene rings is 1. The van der Waals surface area contributed by atoms with Crippen LogP contribution in [0.2, 0.25) is 0 Å². The van der Waals surface area contributed by atoms with E-state index in [9.17, 15) is 5.11 Å². The van der Waals surface area contributed by atoms with Crippen LogP contribution >= 0.6 is 0 Å².